The molecule has 0 atom stereocenters. The van der Waals surface area contributed by atoms with E-state index >= 15 is 0 Å². The quantitative estimate of drug-likeness (QED) is 0.335. The van der Waals surface area contributed by atoms with Gasteiger partial charge in [0, 0.05) is 32.7 Å². The van der Waals surface area contributed by atoms with Crippen LogP contribution in [-0.4, -0.2) is 60.7 Å². The molecule has 1 aliphatic heterocycles. The second-order valence-corrected chi connectivity index (χ2v) is 8.25. The van der Waals surface area contributed by atoms with E-state index in [0.717, 1.165) is 31.7 Å². The smallest absolute Gasteiger partial charge is 0.254 e. The summed E-state index contributed by atoms with van der Waals surface area (Å²) < 4.78 is 14.6. The third-order valence-electron chi connectivity index (χ3n) is 5.79. The number of methoxy groups -OCH3 is 1. The number of rotatable bonds is 8. The molecule has 4 aromatic rings. The van der Waals surface area contributed by atoms with Crippen molar-refractivity contribution in [3.8, 4) is 17.1 Å². The van der Waals surface area contributed by atoms with Gasteiger partial charge >= 0.3 is 0 Å². The molecule has 4 heterocycles. The van der Waals surface area contributed by atoms with Crippen LogP contribution in [-0.2, 0) is 11.8 Å². The first kappa shape index (κ1) is 23.2. The van der Waals surface area contributed by atoms with Gasteiger partial charge in [-0.2, -0.15) is 15.2 Å². The number of carbonyl (C=O) groups excluding carboxylic acids is 1. The number of primary amides is 1. The zero-order chi connectivity index (χ0) is 25.1. The van der Waals surface area contributed by atoms with Crippen LogP contribution >= 0.6 is 0 Å². The van der Waals surface area contributed by atoms with Crippen LogP contribution in [0.15, 0.2) is 43.1 Å². The molecule has 1 aromatic carbocycles. The first-order chi connectivity index (χ1) is 17.5. The minimum absolute atomic E-state index is 0.127. The third kappa shape index (κ3) is 4.81. The highest BCUT2D eigenvalue weighted by atomic mass is 16.5. The van der Waals surface area contributed by atoms with Crippen molar-refractivity contribution >= 4 is 29.0 Å². The van der Waals surface area contributed by atoms with Gasteiger partial charge in [0.05, 0.1) is 36.3 Å². The molecule has 0 bridgehead atoms. The second-order valence-electron chi connectivity index (χ2n) is 8.25. The van der Waals surface area contributed by atoms with Gasteiger partial charge in [0.15, 0.2) is 11.6 Å². The summed E-state index contributed by atoms with van der Waals surface area (Å²) in [5.41, 5.74) is 7.68. The number of amides is 1. The van der Waals surface area contributed by atoms with Crippen LogP contribution < -0.4 is 21.1 Å². The third-order valence-corrected chi connectivity index (χ3v) is 5.79. The fourth-order valence-electron chi connectivity index (χ4n) is 4.02. The van der Waals surface area contributed by atoms with Crippen molar-refractivity contribution in [2.75, 3.05) is 31.0 Å². The van der Waals surface area contributed by atoms with Crippen molar-refractivity contribution in [1.29, 1.82) is 0 Å². The number of nitrogens with zero attached hydrogens (tertiary/aromatic N) is 7. The molecule has 1 fully saturated rings. The van der Waals surface area contributed by atoms with Crippen LogP contribution in [0.25, 0.3) is 11.4 Å². The minimum atomic E-state index is -0.669. The van der Waals surface area contributed by atoms with Gasteiger partial charge in [0.2, 0.25) is 5.95 Å². The van der Waals surface area contributed by atoms with Gasteiger partial charge in [0.1, 0.15) is 17.7 Å². The molecule has 186 valence electrons. The summed E-state index contributed by atoms with van der Waals surface area (Å²) in [5.74, 6) is 0.819. The molecule has 0 radical (unpaired) electrons. The monoisotopic (exact) mass is 490 g/mol. The molecule has 4 N–H and O–H groups in total. The highest BCUT2D eigenvalue weighted by Gasteiger charge is 2.19. The Kier molecular flexibility index (Phi) is 6.45. The van der Waals surface area contributed by atoms with Crippen molar-refractivity contribution in [2.45, 2.75) is 18.9 Å². The van der Waals surface area contributed by atoms with Gasteiger partial charge in [0.25, 0.3) is 5.91 Å². The zero-order valence-corrected chi connectivity index (χ0v) is 19.9. The van der Waals surface area contributed by atoms with Crippen LogP contribution in [0.5, 0.6) is 5.75 Å². The fraction of sp³-hybridized carbons (Fsp3) is 0.304. The van der Waals surface area contributed by atoms with Crippen LogP contribution in [0.3, 0.4) is 0 Å². The first-order valence-corrected chi connectivity index (χ1v) is 11.4. The molecule has 3 aromatic heterocycles. The molecule has 0 spiro atoms. The van der Waals surface area contributed by atoms with Crippen molar-refractivity contribution in [3.63, 3.8) is 0 Å². The minimum Gasteiger partial charge on any atom is -0.494 e. The fourth-order valence-corrected chi connectivity index (χ4v) is 4.02. The summed E-state index contributed by atoms with van der Waals surface area (Å²) in [5, 5.41) is 15.1. The molecule has 5 rings (SSSR count). The summed E-state index contributed by atoms with van der Waals surface area (Å²) in [6.07, 6.45) is 8.41. The number of aromatic nitrogens is 7. The van der Waals surface area contributed by atoms with E-state index in [9.17, 15) is 4.79 Å². The van der Waals surface area contributed by atoms with Crippen LogP contribution in [0.2, 0.25) is 0 Å². The lowest BCUT2D eigenvalue weighted by Crippen LogP contribution is -2.19. The molecular weight excluding hydrogens is 464 g/mol. The second kappa shape index (κ2) is 10.00. The molecule has 1 saturated heterocycles. The Bertz CT molecular complexity index is 1380. The first-order valence-electron chi connectivity index (χ1n) is 11.4. The van der Waals surface area contributed by atoms with E-state index in [1.54, 1.807) is 37.4 Å². The van der Waals surface area contributed by atoms with Crippen molar-refractivity contribution in [3.05, 3.63) is 48.7 Å². The molecule has 0 saturated carbocycles. The molecule has 1 aliphatic rings. The van der Waals surface area contributed by atoms with Crippen molar-refractivity contribution in [1.82, 2.24) is 34.5 Å². The largest absolute Gasteiger partial charge is 0.494 e. The maximum Gasteiger partial charge on any atom is 0.254 e. The standard InChI is InChI=1S/C23H26N10O3/c1-32-13-26-21(31-32)16-4-3-5-18(19(16)35-2)29-22-17(20(24)34)11-25-23(30-22)28-14-10-27-33(12-14)15-6-8-36-9-7-15/h3-5,10-13,15H,6-9H2,1-2H3,(H2,24,34)(H2,25,28,29,30). The average Bonchev–Trinajstić information content (AvgIpc) is 3.53. The average molecular weight is 491 g/mol. The Labute approximate surface area is 206 Å². The Hall–Kier alpha value is -4.52. The molecular formula is C23H26N10O3. The number of benzene rings is 1. The van der Waals surface area contributed by atoms with Gasteiger partial charge in [-0.3, -0.25) is 14.2 Å². The Morgan fingerprint density at radius 1 is 1.19 bits per heavy atom. The number of carbonyl (C=O) groups is 1. The number of nitrogens with two attached hydrogens (primary N) is 1. The summed E-state index contributed by atoms with van der Waals surface area (Å²) in [6.45, 7) is 1.45. The molecule has 13 heteroatoms. The lowest BCUT2D eigenvalue weighted by molar-refractivity contribution is 0.0662. The van der Waals surface area contributed by atoms with E-state index in [1.165, 1.54) is 6.20 Å². The maximum atomic E-state index is 12.1. The van der Waals surface area contributed by atoms with E-state index in [1.807, 2.05) is 23.0 Å². The summed E-state index contributed by atoms with van der Waals surface area (Å²) in [4.78, 5) is 25.2. The zero-order valence-electron chi connectivity index (χ0n) is 19.9. The predicted octanol–water partition coefficient (Wildman–Crippen LogP) is 2.41. The number of anilines is 4. The van der Waals surface area contributed by atoms with Crippen molar-refractivity contribution in [2.24, 2.45) is 12.8 Å². The van der Waals surface area contributed by atoms with E-state index in [-0.39, 0.29) is 23.4 Å². The number of hydrogen-bond acceptors (Lipinski definition) is 10. The van der Waals surface area contributed by atoms with Crippen LogP contribution in [0, 0.1) is 0 Å². The Morgan fingerprint density at radius 3 is 2.75 bits per heavy atom. The lowest BCUT2D eigenvalue weighted by Gasteiger charge is -2.22. The van der Waals surface area contributed by atoms with Gasteiger partial charge in [-0.25, -0.2) is 9.97 Å². The van der Waals surface area contributed by atoms with Gasteiger partial charge in [-0.05, 0) is 25.0 Å². The Balaban J connectivity index is 1.43. The highest BCUT2D eigenvalue weighted by Crippen LogP contribution is 2.36. The number of para-hydroxylation sites is 1. The van der Waals surface area contributed by atoms with E-state index in [2.05, 4.69) is 35.8 Å². The lowest BCUT2D eigenvalue weighted by atomic mass is 10.1. The number of hydrogen-bond donors (Lipinski definition) is 3. The van der Waals surface area contributed by atoms with Gasteiger partial charge in [-0.15, -0.1) is 0 Å². The normalized spacial score (nSPS) is 13.9. The molecule has 36 heavy (non-hydrogen) atoms. The summed E-state index contributed by atoms with van der Waals surface area (Å²) in [6, 6.07) is 5.75. The SMILES string of the molecule is COc1c(Nc2nc(Nc3cnn(C4CCOCC4)c3)ncc2C(N)=O)cccc1-c1ncn(C)n1. The molecule has 13 nitrogen and oxygen atoms in total. The van der Waals surface area contributed by atoms with E-state index in [4.69, 9.17) is 15.2 Å². The van der Waals surface area contributed by atoms with Crippen LogP contribution in [0.4, 0.5) is 23.1 Å². The Morgan fingerprint density at radius 2 is 2.03 bits per heavy atom. The number of aryl methyl sites for hydroxylation is 1. The molecule has 0 unspecified atom stereocenters. The highest BCUT2D eigenvalue weighted by molar-refractivity contribution is 5.98. The topological polar surface area (TPSA) is 160 Å². The van der Waals surface area contributed by atoms with E-state index in [0.29, 0.717) is 22.8 Å². The van der Waals surface area contributed by atoms with Crippen molar-refractivity contribution < 1.29 is 14.3 Å². The van der Waals surface area contributed by atoms with Crippen LogP contribution in [0.1, 0.15) is 29.2 Å². The molecule has 0 aliphatic carbocycles. The predicted molar refractivity (Wildman–Crippen MR) is 131 cm³/mol. The van der Waals surface area contributed by atoms with E-state index < -0.39 is 5.91 Å². The van der Waals surface area contributed by atoms with Gasteiger partial charge in [-0.1, -0.05) is 6.07 Å². The molecule has 1 amide bonds. The van der Waals surface area contributed by atoms with Gasteiger partial charge < -0.3 is 25.8 Å². The maximum absolute atomic E-state index is 12.1. The number of ether oxygens (including phenoxy) is 2. The summed E-state index contributed by atoms with van der Waals surface area (Å²) in [7, 11) is 3.33. The number of nitrogens with one attached hydrogen (secondary N) is 2. The summed E-state index contributed by atoms with van der Waals surface area (Å²) >= 11 is 0.